The second-order valence-electron chi connectivity index (χ2n) is 7.51. The van der Waals surface area contributed by atoms with Crippen molar-refractivity contribution >= 4 is 46.7 Å². The zero-order valence-corrected chi connectivity index (χ0v) is 18.0. The molecule has 162 valence electrons. The summed E-state index contributed by atoms with van der Waals surface area (Å²) in [5.74, 6) is -0.0673. The molecule has 1 aliphatic carbocycles. The van der Waals surface area contributed by atoms with E-state index in [9.17, 15) is 9.59 Å². The average molecular weight is 463 g/mol. The fourth-order valence-electron chi connectivity index (χ4n) is 3.81. The van der Waals surface area contributed by atoms with Gasteiger partial charge in [-0.1, -0.05) is 49.0 Å². The molecule has 4 rings (SSSR count). The number of nitrogens with two attached hydrogens (primary N) is 1. The van der Waals surface area contributed by atoms with Crippen LogP contribution in [0.1, 0.15) is 32.1 Å². The highest BCUT2D eigenvalue weighted by Crippen LogP contribution is 2.40. The number of nitrogens with zero attached hydrogens (tertiary/aromatic N) is 4. The zero-order chi connectivity index (χ0) is 22.1. The fraction of sp³-hybridized carbons (Fsp3) is 0.350. The van der Waals surface area contributed by atoms with Gasteiger partial charge >= 0.3 is 6.03 Å². The minimum Gasteiger partial charge on any atom is -0.435 e. The van der Waals surface area contributed by atoms with Gasteiger partial charge in [-0.3, -0.25) is 4.79 Å². The Balaban J connectivity index is 1.58. The molecule has 11 heteroatoms. The highest BCUT2D eigenvalue weighted by Gasteiger charge is 2.32. The number of hydrazone groups is 1. The quantitative estimate of drug-likeness (QED) is 0.671. The maximum atomic E-state index is 12.2. The summed E-state index contributed by atoms with van der Waals surface area (Å²) in [6, 6.07) is 2.35. The standard InChI is InChI=1S/C20H20Cl2N6O3/c1-10-18(23)27-28(20(30)24-10)12-7-14(21)17(15(22)8-12)31-16-9-13(19(29)26-25-16)11-5-3-2-4-6-11/h7-9,11,13H,1-6H2,(H2,23,27)(H,24,30). The van der Waals surface area contributed by atoms with E-state index in [1.807, 2.05) is 0 Å². The summed E-state index contributed by atoms with van der Waals surface area (Å²) in [6.45, 7) is 3.60. The Bertz CT molecular complexity index is 1020. The minimum atomic E-state index is -0.558. The average Bonchev–Trinajstić information content (AvgIpc) is 2.75. The van der Waals surface area contributed by atoms with Gasteiger partial charge in [0.1, 0.15) is 0 Å². The van der Waals surface area contributed by atoms with Gasteiger partial charge in [-0.15, -0.1) is 15.3 Å². The van der Waals surface area contributed by atoms with E-state index in [0.29, 0.717) is 0 Å². The first kappa shape index (κ1) is 21.3. The van der Waals surface area contributed by atoms with E-state index < -0.39 is 6.03 Å². The summed E-state index contributed by atoms with van der Waals surface area (Å²) in [5, 5.41) is 15.3. The van der Waals surface area contributed by atoms with Gasteiger partial charge in [0.15, 0.2) is 11.6 Å². The van der Waals surface area contributed by atoms with Crippen LogP contribution in [0, 0.1) is 11.8 Å². The highest BCUT2D eigenvalue weighted by atomic mass is 35.5. The number of hydrogen-bond acceptors (Lipinski definition) is 6. The maximum Gasteiger partial charge on any atom is 0.347 e. The first-order valence-electron chi connectivity index (χ1n) is 9.82. The second kappa shape index (κ2) is 8.68. The lowest BCUT2D eigenvalue weighted by atomic mass is 9.79. The molecular formula is C20H20Cl2N6O3. The molecule has 0 bridgehead atoms. The summed E-state index contributed by atoms with van der Waals surface area (Å²) < 4.78 is 5.78. The molecule has 1 aromatic rings. The minimum absolute atomic E-state index is 0.0540. The number of carbonyl (C=O) groups excluding carboxylic acids is 2. The Labute approximate surface area is 188 Å². The summed E-state index contributed by atoms with van der Waals surface area (Å²) in [4.78, 5) is 24.4. The number of carbonyl (C=O) groups is 2. The lowest BCUT2D eigenvalue weighted by molar-refractivity contribution is -0.122. The lowest BCUT2D eigenvalue weighted by Crippen LogP contribution is -2.45. The van der Waals surface area contributed by atoms with E-state index in [0.717, 1.165) is 30.7 Å². The number of amides is 3. The number of ether oxygens (including phenoxy) is 1. The zero-order valence-electron chi connectivity index (χ0n) is 16.5. The van der Waals surface area contributed by atoms with E-state index >= 15 is 0 Å². The molecule has 0 aromatic heterocycles. The van der Waals surface area contributed by atoms with E-state index in [1.54, 1.807) is 6.08 Å². The van der Waals surface area contributed by atoms with Gasteiger partial charge in [0, 0.05) is 0 Å². The third kappa shape index (κ3) is 4.42. The van der Waals surface area contributed by atoms with Crippen molar-refractivity contribution in [2.75, 3.05) is 5.01 Å². The normalized spacial score (nSPS) is 22.2. The van der Waals surface area contributed by atoms with E-state index in [-0.39, 0.29) is 56.6 Å². The van der Waals surface area contributed by atoms with Crippen LogP contribution in [-0.2, 0) is 4.79 Å². The van der Waals surface area contributed by atoms with Crippen molar-refractivity contribution in [1.82, 2.24) is 5.32 Å². The van der Waals surface area contributed by atoms with Crippen molar-refractivity contribution in [3.63, 3.8) is 0 Å². The van der Waals surface area contributed by atoms with Crippen LogP contribution in [0.5, 0.6) is 5.75 Å². The Hall–Kier alpha value is -2.91. The smallest absolute Gasteiger partial charge is 0.347 e. The first-order chi connectivity index (χ1) is 14.8. The molecule has 3 amide bonds. The van der Waals surface area contributed by atoms with E-state index in [1.165, 1.54) is 18.6 Å². The molecule has 3 aliphatic rings. The topological polar surface area (TPSA) is 122 Å². The molecule has 1 fully saturated rings. The maximum absolute atomic E-state index is 12.2. The monoisotopic (exact) mass is 462 g/mol. The van der Waals surface area contributed by atoms with Crippen molar-refractivity contribution in [3.05, 3.63) is 46.4 Å². The molecule has 31 heavy (non-hydrogen) atoms. The fourth-order valence-corrected chi connectivity index (χ4v) is 4.37. The van der Waals surface area contributed by atoms with Gasteiger partial charge < -0.3 is 15.8 Å². The molecule has 0 radical (unpaired) electrons. The summed E-state index contributed by atoms with van der Waals surface area (Å²) in [7, 11) is 0. The third-order valence-corrected chi connectivity index (χ3v) is 5.97. The van der Waals surface area contributed by atoms with Crippen LogP contribution in [-0.4, -0.2) is 17.8 Å². The van der Waals surface area contributed by atoms with Gasteiger partial charge in [0.25, 0.3) is 5.91 Å². The number of anilines is 1. The molecule has 0 saturated heterocycles. The van der Waals surface area contributed by atoms with Crippen LogP contribution in [0.2, 0.25) is 10.0 Å². The van der Waals surface area contributed by atoms with Gasteiger partial charge in [0.2, 0.25) is 5.88 Å². The van der Waals surface area contributed by atoms with Crippen molar-refractivity contribution in [2.24, 2.45) is 32.9 Å². The summed E-state index contributed by atoms with van der Waals surface area (Å²) in [5.41, 5.74) is 6.22. The van der Waals surface area contributed by atoms with Gasteiger partial charge in [0.05, 0.1) is 27.3 Å². The Morgan fingerprint density at radius 3 is 2.48 bits per heavy atom. The number of urea groups is 1. The van der Waals surface area contributed by atoms with E-state index in [2.05, 4.69) is 27.2 Å². The van der Waals surface area contributed by atoms with Gasteiger partial charge in [-0.25, -0.2) is 4.79 Å². The Kier molecular flexibility index (Phi) is 5.97. The molecule has 2 heterocycles. The number of azo groups is 1. The molecule has 1 saturated carbocycles. The van der Waals surface area contributed by atoms with Crippen LogP contribution in [0.15, 0.2) is 51.7 Å². The number of benzene rings is 1. The predicted molar refractivity (Wildman–Crippen MR) is 117 cm³/mol. The van der Waals surface area contributed by atoms with Crippen LogP contribution in [0.25, 0.3) is 0 Å². The van der Waals surface area contributed by atoms with Crippen LogP contribution < -0.4 is 20.8 Å². The van der Waals surface area contributed by atoms with Crippen molar-refractivity contribution in [2.45, 2.75) is 32.1 Å². The SMILES string of the molecule is C=C1NC(=O)N(c2cc(Cl)c(OC3=CC(C4CCCCC4)C(=O)N=N3)c(Cl)c2)N=C1N. The van der Waals surface area contributed by atoms with Gasteiger partial charge in [-0.05, 0) is 37.0 Å². The third-order valence-electron chi connectivity index (χ3n) is 5.41. The molecule has 1 unspecified atom stereocenters. The molecule has 1 atom stereocenters. The largest absolute Gasteiger partial charge is 0.435 e. The molecular weight excluding hydrogens is 443 g/mol. The van der Waals surface area contributed by atoms with Gasteiger partial charge in [-0.2, -0.15) is 5.01 Å². The van der Waals surface area contributed by atoms with Crippen molar-refractivity contribution < 1.29 is 14.3 Å². The number of rotatable bonds is 4. The van der Waals surface area contributed by atoms with Crippen molar-refractivity contribution in [1.29, 1.82) is 0 Å². The number of nitrogens with one attached hydrogen (secondary N) is 1. The molecule has 2 aliphatic heterocycles. The number of amidine groups is 1. The molecule has 9 nitrogen and oxygen atoms in total. The van der Waals surface area contributed by atoms with Crippen LogP contribution in [0.3, 0.4) is 0 Å². The Morgan fingerprint density at radius 1 is 1.13 bits per heavy atom. The number of halogens is 2. The highest BCUT2D eigenvalue weighted by molar-refractivity contribution is 6.37. The van der Waals surface area contributed by atoms with Crippen molar-refractivity contribution in [3.8, 4) is 5.75 Å². The molecule has 1 aromatic carbocycles. The second-order valence-corrected chi connectivity index (χ2v) is 8.33. The Morgan fingerprint density at radius 2 is 1.81 bits per heavy atom. The lowest BCUT2D eigenvalue weighted by Gasteiger charge is -2.27. The molecule has 0 spiro atoms. The summed E-state index contributed by atoms with van der Waals surface area (Å²) in [6.07, 6.45) is 7.00. The first-order valence-corrected chi connectivity index (χ1v) is 10.6. The predicted octanol–water partition coefficient (Wildman–Crippen LogP) is 4.72. The summed E-state index contributed by atoms with van der Waals surface area (Å²) >= 11 is 12.7. The van der Waals surface area contributed by atoms with E-state index in [4.69, 9.17) is 33.7 Å². The van der Waals surface area contributed by atoms with Crippen LogP contribution >= 0.6 is 23.2 Å². The molecule has 3 N–H and O–H groups in total. The van der Waals surface area contributed by atoms with Crippen LogP contribution in [0.4, 0.5) is 10.5 Å². The number of hydrogen-bond donors (Lipinski definition) is 2.